The Bertz CT molecular complexity index is 134. The van der Waals surface area contributed by atoms with Gasteiger partial charge in [-0.25, -0.2) is 0 Å². The van der Waals surface area contributed by atoms with Crippen molar-refractivity contribution in [1.29, 1.82) is 0 Å². The van der Waals surface area contributed by atoms with Gasteiger partial charge < -0.3 is 20.5 Å². The van der Waals surface area contributed by atoms with Crippen LogP contribution in [0, 0.1) is 0 Å². The quantitative estimate of drug-likeness (QED) is 0.464. The van der Waals surface area contributed by atoms with E-state index in [0.717, 1.165) is 32.7 Å². The van der Waals surface area contributed by atoms with Gasteiger partial charge in [0, 0.05) is 31.8 Å². The van der Waals surface area contributed by atoms with Gasteiger partial charge in [-0.3, -0.25) is 0 Å². The van der Waals surface area contributed by atoms with Gasteiger partial charge in [-0.15, -0.1) is 0 Å². The standard InChI is InChI=1S/C11H26N2O2/c1-4-11(9-15-5-2)13-7-6-12-10(3)8-14/h10-14H,4-9H2,1-3H3. The maximum Gasteiger partial charge on any atom is 0.0619 e. The van der Waals surface area contributed by atoms with Crippen LogP contribution in [0.2, 0.25) is 0 Å². The van der Waals surface area contributed by atoms with Crippen molar-refractivity contribution in [3.63, 3.8) is 0 Å². The molecule has 0 saturated carbocycles. The van der Waals surface area contributed by atoms with Crippen LogP contribution in [0.3, 0.4) is 0 Å². The van der Waals surface area contributed by atoms with E-state index >= 15 is 0 Å². The highest BCUT2D eigenvalue weighted by Crippen LogP contribution is 1.91. The van der Waals surface area contributed by atoms with Gasteiger partial charge >= 0.3 is 0 Å². The zero-order chi connectivity index (χ0) is 11.5. The molecule has 0 radical (unpaired) electrons. The Hall–Kier alpha value is -0.160. The van der Waals surface area contributed by atoms with Crippen LogP contribution in [0.15, 0.2) is 0 Å². The Labute approximate surface area is 93.4 Å². The van der Waals surface area contributed by atoms with E-state index in [1.54, 1.807) is 0 Å². The normalized spacial score (nSPS) is 15.2. The molecule has 0 aliphatic heterocycles. The number of nitrogens with one attached hydrogen (secondary N) is 2. The van der Waals surface area contributed by atoms with Crippen LogP contribution in [0.1, 0.15) is 27.2 Å². The lowest BCUT2D eigenvalue weighted by Gasteiger charge is -2.17. The lowest BCUT2D eigenvalue weighted by Crippen LogP contribution is -2.40. The molecule has 4 heteroatoms. The van der Waals surface area contributed by atoms with Crippen LogP contribution in [0.25, 0.3) is 0 Å². The molecule has 0 amide bonds. The Morgan fingerprint density at radius 2 is 1.87 bits per heavy atom. The van der Waals surface area contributed by atoms with E-state index in [1.807, 2.05) is 13.8 Å². The maximum atomic E-state index is 8.80. The van der Waals surface area contributed by atoms with Crippen LogP contribution in [0.4, 0.5) is 0 Å². The van der Waals surface area contributed by atoms with E-state index in [-0.39, 0.29) is 12.6 Å². The second kappa shape index (κ2) is 10.4. The summed E-state index contributed by atoms with van der Waals surface area (Å²) in [7, 11) is 0. The first-order valence-electron chi connectivity index (χ1n) is 5.89. The van der Waals surface area contributed by atoms with E-state index in [4.69, 9.17) is 9.84 Å². The molecule has 0 aliphatic carbocycles. The Kier molecular flexibility index (Phi) is 10.3. The van der Waals surface area contributed by atoms with Gasteiger partial charge in [0.1, 0.15) is 0 Å². The summed E-state index contributed by atoms with van der Waals surface area (Å²) < 4.78 is 5.36. The molecule has 2 atom stereocenters. The van der Waals surface area contributed by atoms with Crippen LogP contribution in [-0.2, 0) is 4.74 Å². The highest BCUT2D eigenvalue weighted by molar-refractivity contribution is 4.66. The Balaban J connectivity index is 3.37. The van der Waals surface area contributed by atoms with Gasteiger partial charge in [0.2, 0.25) is 0 Å². The third-order valence-electron chi connectivity index (χ3n) is 2.34. The fourth-order valence-corrected chi connectivity index (χ4v) is 1.24. The number of aliphatic hydroxyl groups is 1. The third-order valence-corrected chi connectivity index (χ3v) is 2.34. The summed E-state index contributed by atoms with van der Waals surface area (Å²) in [6.45, 7) is 9.67. The zero-order valence-electron chi connectivity index (χ0n) is 10.3. The SMILES string of the molecule is CCOCC(CC)NCCNC(C)CO. The van der Waals surface area contributed by atoms with E-state index < -0.39 is 0 Å². The third kappa shape index (κ3) is 8.81. The fourth-order valence-electron chi connectivity index (χ4n) is 1.24. The second-order valence-electron chi connectivity index (χ2n) is 3.76. The molecule has 92 valence electrons. The highest BCUT2D eigenvalue weighted by atomic mass is 16.5. The molecule has 0 rings (SSSR count). The molecule has 2 unspecified atom stereocenters. The topological polar surface area (TPSA) is 53.5 Å². The molecule has 0 aliphatic rings. The van der Waals surface area contributed by atoms with Crippen LogP contribution in [0.5, 0.6) is 0 Å². The van der Waals surface area contributed by atoms with Crippen molar-refractivity contribution >= 4 is 0 Å². The molecule has 0 fully saturated rings. The molecule has 3 N–H and O–H groups in total. The van der Waals surface area contributed by atoms with Crippen molar-refractivity contribution in [1.82, 2.24) is 10.6 Å². The molecule has 0 aromatic rings. The first kappa shape index (κ1) is 14.8. The van der Waals surface area contributed by atoms with E-state index in [9.17, 15) is 0 Å². The minimum Gasteiger partial charge on any atom is -0.395 e. The van der Waals surface area contributed by atoms with Gasteiger partial charge in [-0.1, -0.05) is 6.92 Å². The molecule has 15 heavy (non-hydrogen) atoms. The summed E-state index contributed by atoms with van der Waals surface area (Å²) in [4.78, 5) is 0. The summed E-state index contributed by atoms with van der Waals surface area (Å²) in [5, 5.41) is 15.4. The molecular weight excluding hydrogens is 192 g/mol. The van der Waals surface area contributed by atoms with Crippen molar-refractivity contribution < 1.29 is 9.84 Å². The van der Waals surface area contributed by atoms with Crippen molar-refractivity contribution in [3.8, 4) is 0 Å². The maximum absolute atomic E-state index is 8.80. The van der Waals surface area contributed by atoms with Crippen LogP contribution in [-0.4, -0.2) is 50.1 Å². The first-order valence-corrected chi connectivity index (χ1v) is 5.89. The summed E-state index contributed by atoms with van der Waals surface area (Å²) in [5.74, 6) is 0. The smallest absolute Gasteiger partial charge is 0.0619 e. The van der Waals surface area contributed by atoms with E-state index in [2.05, 4.69) is 17.6 Å². The average molecular weight is 218 g/mol. The van der Waals surface area contributed by atoms with Gasteiger partial charge in [-0.05, 0) is 20.3 Å². The molecule has 0 bridgehead atoms. The largest absolute Gasteiger partial charge is 0.395 e. The second-order valence-corrected chi connectivity index (χ2v) is 3.76. The summed E-state index contributed by atoms with van der Waals surface area (Å²) in [6.07, 6.45) is 1.08. The molecule has 4 nitrogen and oxygen atoms in total. The minimum atomic E-state index is 0.179. The van der Waals surface area contributed by atoms with Crippen molar-refractivity contribution in [2.24, 2.45) is 0 Å². The molecule has 0 aromatic carbocycles. The van der Waals surface area contributed by atoms with Crippen LogP contribution < -0.4 is 10.6 Å². The van der Waals surface area contributed by atoms with Crippen LogP contribution >= 0.6 is 0 Å². The van der Waals surface area contributed by atoms with Gasteiger partial charge in [0.05, 0.1) is 13.2 Å². The number of hydrogen-bond acceptors (Lipinski definition) is 4. The number of rotatable bonds is 10. The average Bonchev–Trinajstić information content (AvgIpc) is 2.27. The monoisotopic (exact) mass is 218 g/mol. The summed E-state index contributed by atoms with van der Waals surface area (Å²) in [6, 6.07) is 0.620. The number of ether oxygens (including phenoxy) is 1. The highest BCUT2D eigenvalue weighted by Gasteiger charge is 2.04. The minimum absolute atomic E-state index is 0.179. The molecule has 0 spiro atoms. The predicted octanol–water partition coefficient (Wildman–Crippen LogP) is 0.362. The molecule has 0 aromatic heterocycles. The van der Waals surface area contributed by atoms with Crippen molar-refractivity contribution in [2.45, 2.75) is 39.3 Å². The number of aliphatic hydroxyl groups excluding tert-OH is 1. The fraction of sp³-hybridized carbons (Fsp3) is 1.00. The van der Waals surface area contributed by atoms with Gasteiger partial charge in [0.25, 0.3) is 0 Å². The molecule has 0 saturated heterocycles. The molecular formula is C11H26N2O2. The van der Waals surface area contributed by atoms with Crippen molar-refractivity contribution in [2.75, 3.05) is 32.9 Å². The summed E-state index contributed by atoms with van der Waals surface area (Å²) in [5.41, 5.74) is 0. The van der Waals surface area contributed by atoms with Gasteiger partial charge in [-0.2, -0.15) is 0 Å². The summed E-state index contributed by atoms with van der Waals surface area (Å²) >= 11 is 0. The van der Waals surface area contributed by atoms with Crippen molar-refractivity contribution in [3.05, 3.63) is 0 Å². The van der Waals surface area contributed by atoms with E-state index in [1.165, 1.54) is 0 Å². The lowest BCUT2D eigenvalue weighted by molar-refractivity contribution is 0.121. The zero-order valence-corrected chi connectivity index (χ0v) is 10.3. The van der Waals surface area contributed by atoms with E-state index in [0.29, 0.717) is 6.04 Å². The predicted molar refractivity (Wildman–Crippen MR) is 63.1 cm³/mol. The Morgan fingerprint density at radius 1 is 1.20 bits per heavy atom. The molecule has 0 heterocycles. The lowest BCUT2D eigenvalue weighted by atomic mass is 10.2. The first-order chi connectivity index (χ1) is 7.24. The van der Waals surface area contributed by atoms with Gasteiger partial charge in [0.15, 0.2) is 0 Å². The Morgan fingerprint density at radius 3 is 2.40 bits per heavy atom. The number of hydrogen-bond donors (Lipinski definition) is 3.